The number of hydrogen-bond donors (Lipinski definition) is 3. The highest BCUT2D eigenvalue weighted by molar-refractivity contribution is 5.93. The predicted molar refractivity (Wildman–Crippen MR) is 165 cm³/mol. The fourth-order valence-electron chi connectivity index (χ4n) is 9.12. The highest BCUT2D eigenvalue weighted by atomic mass is 19.1. The number of aliphatic hydroxyl groups is 2. The molecule has 0 aliphatic heterocycles. The van der Waals surface area contributed by atoms with Gasteiger partial charge in [0.1, 0.15) is 0 Å². The molecule has 3 saturated carbocycles. The molecule has 9 unspecified atom stereocenters. The quantitative estimate of drug-likeness (QED) is 0.196. The van der Waals surface area contributed by atoms with Crippen LogP contribution in [0.4, 0.5) is 4.39 Å². The number of esters is 2. The van der Waals surface area contributed by atoms with Gasteiger partial charge in [0.15, 0.2) is 17.9 Å². The Labute approximate surface area is 266 Å². The molecule has 45 heavy (non-hydrogen) atoms. The summed E-state index contributed by atoms with van der Waals surface area (Å²) in [5.74, 6) is -3.52. The maximum absolute atomic E-state index is 17.7. The molecular formula is C35H52FNO8. The number of carbonyl (C=O) groups is 4. The van der Waals surface area contributed by atoms with Crippen molar-refractivity contribution in [2.45, 2.75) is 129 Å². The Bertz CT molecular complexity index is 1220. The Hall–Kier alpha value is -2.59. The number of halogens is 1. The second-order valence-corrected chi connectivity index (χ2v) is 14.1. The van der Waals surface area contributed by atoms with Gasteiger partial charge in [-0.25, -0.2) is 4.39 Å². The maximum Gasteiger partial charge on any atom is 0.308 e. The van der Waals surface area contributed by atoms with Crippen LogP contribution in [-0.2, 0) is 28.7 Å². The summed E-state index contributed by atoms with van der Waals surface area (Å²) in [5, 5.41) is 24.7. The van der Waals surface area contributed by atoms with Crippen molar-refractivity contribution in [3.63, 3.8) is 0 Å². The smallest absolute Gasteiger partial charge is 0.308 e. The summed E-state index contributed by atoms with van der Waals surface area (Å²) >= 11 is 0. The molecule has 1 amide bonds. The summed E-state index contributed by atoms with van der Waals surface area (Å²) in [6.07, 6.45) is 7.13. The third kappa shape index (κ3) is 6.01. The monoisotopic (exact) mass is 633 g/mol. The number of ether oxygens (including phenoxy) is 2. The van der Waals surface area contributed by atoms with E-state index >= 15 is 4.39 Å². The van der Waals surface area contributed by atoms with E-state index in [-0.39, 0.29) is 31.7 Å². The number of fused-ring (bicyclic) bond motifs is 5. The van der Waals surface area contributed by atoms with Gasteiger partial charge in [0, 0.05) is 42.1 Å². The summed E-state index contributed by atoms with van der Waals surface area (Å²) in [4.78, 5) is 52.0. The first-order valence-electron chi connectivity index (χ1n) is 16.8. The zero-order chi connectivity index (χ0) is 33.2. The van der Waals surface area contributed by atoms with Gasteiger partial charge in [-0.15, -0.1) is 0 Å². The van der Waals surface area contributed by atoms with Crippen molar-refractivity contribution in [3.8, 4) is 0 Å². The fraction of sp³-hybridized carbons (Fsp3) is 0.771. The molecule has 3 N–H and O–H groups in total. The molecule has 0 bridgehead atoms. The second-order valence-electron chi connectivity index (χ2n) is 14.1. The summed E-state index contributed by atoms with van der Waals surface area (Å²) < 4.78 is 29.2. The van der Waals surface area contributed by atoms with Crippen LogP contribution in [0.1, 0.15) is 105 Å². The van der Waals surface area contributed by atoms with Crippen molar-refractivity contribution in [1.29, 1.82) is 0 Å². The Morgan fingerprint density at radius 2 is 1.71 bits per heavy atom. The number of nitrogens with one attached hydrogen (secondary N) is 1. The normalized spacial score (nSPS) is 38.3. The number of aliphatic hydroxyl groups excluding tert-OH is 2. The molecule has 4 rings (SSSR count). The topological polar surface area (TPSA) is 139 Å². The number of alkyl halides is 1. The van der Waals surface area contributed by atoms with E-state index in [0.717, 1.165) is 24.8 Å². The third-order valence-electron chi connectivity index (χ3n) is 11.5. The average molecular weight is 634 g/mol. The van der Waals surface area contributed by atoms with Gasteiger partial charge in [-0.3, -0.25) is 19.2 Å². The van der Waals surface area contributed by atoms with Crippen molar-refractivity contribution in [2.24, 2.45) is 28.6 Å². The molecule has 0 aromatic carbocycles. The first kappa shape index (κ1) is 35.3. The predicted octanol–water partition coefficient (Wildman–Crippen LogP) is 4.68. The van der Waals surface area contributed by atoms with Gasteiger partial charge in [-0.05, 0) is 51.4 Å². The average Bonchev–Trinajstić information content (AvgIpc) is 3.20. The molecule has 4 aliphatic rings. The van der Waals surface area contributed by atoms with Crippen LogP contribution in [0.3, 0.4) is 0 Å². The third-order valence-corrected chi connectivity index (χ3v) is 11.5. The lowest BCUT2D eigenvalue weighted by atomic mass is 9.44. The van der Waals surface area contributed by atoms with Crippen molar-refractivity contribution in [1.82, 2.24) is 5.32 Å². The summed E-state index contributed by atoms with van der Waals surface area (Å²) in [6.45, 7) is 8.77. The number of hydrogen-bond acceptors (Lipinski definition) is 8. The van der Waals surface area contributed by atoms with Gasteiger partial charge >= 0.3 is 11.9 Å². The maximum atomic E-state index is 17.7. The second kappa shape index (κ2) is 13.6. The molecule has 4 aliphatic carbocycles. The number of Topliss-reactive ketones (excluding diaryl/α,β-unsaturated/α-hetero) is 1. The summed E-state index contributed by atoms with van der Waals surface area (Å²) in [6, 6.07) is 0. The number of carbonyl (C=O) groups excluding carboxylic acids is 4. The van der Waals surface area contributed by atoms with E-state index in [4.69, 9.17) is 9.47 Å². The van der Waals surface area contributed by atoms with Crippen LogP contribution in [-0.4, -0.2) is 70.5 Å². The van der Waals surface area contributed by atoms with Crippen molar-refractivity contribution >= 4 is 23.6 Å². The molecule has 9 nitrogen and oxygen atoms in total. The minimum absolute atomic E-state index is 0.0794. The standard InChI is InChI=1S/C35H52FNO8/c1-6-8-10-29(41)37-17-15-30(42)44-21-28(40)35(45-31(43)11-9-7-2)22(3)18-26-25-13-12-23-19-24(38)14-16-32(23,4)34(25,36)27(39)20-33(26,35)5/h14,16,19,22,24-27,38-39H,6-13,15,17-18,20-21H2,1-5H3,(H,37,41). The van der Waals surface area contributed by atoms with E-state index < -0.39 is 76.4 Å². The summed E-state index contributed by atoms with van der Waals surface area (Å²) in [5.41, 5.74) is -5.29. The van der Waals surface area contributed by atoms with Crippen LogP contribution in [0.25, 0.3) is 0 Å². The van der Waals surface area contributed by atoms with Crippen LogP contribution in [0.15, 0.2) is 23.8 Å². The Balaban J connectivity index is 1.60. The van der Waals surface area contributed by atoms with Gasteiger partial charge in [-0.2, -0.15) is 0 Å². The fourth-order valence-corrected chi connectivity index (χ4v) is 9.12. The van der Waals surface area contributed by atoms with Crippen molar-refractivity contribution < 1.29 is 43.3 Å². The number of unbranched alkanes of at least 4 members (excludes halogenated alkanes) is 2. The van der Waals surface area contributed by atoms with Crippen LogP contribution >= 0.6 is 0 Å². The highest BCUT2D eigenvalue weighted by Gasteiger charge is 2.77. The van der Waals surface area contributed by atoms with Crippen LogP contribution in [0, 0.1) is 28.6 Å². The van der Waals surface area contributed by atoms with Gasteiger partial charge in [0.25, 0.3) is 0 Å². The van der Waals surface area contributed by atoms with E-state index in [1.54, 1.807) is 25.2 Å². The molecule has 252 valence electrons. The minimum Gasteiger partial charge on any atom is -0.457 e. The van der Waals surface area contributed by atoms with E-state index in [1.165, 1.54) is 0 Å². The number of amides is 1. The Kier molecular flexibility index (Phi) is 10.7. The van der Waals surface area contributed by atoms with E-state index in [1.807, 2.05) is 27.7 Å². The van der Waals surface area contributed by atoms with Gasteiger partial charge in [0.05, 0.1) is 18.6 Å². The lowest BCUT2D eigenvalue weighted by molar-refractivity contribution is -0.229. The van der Waals surface area contributed by atoms with Crippen LogP contribution < -0.4 is 5.32 Å². The molecule has 0 aromatic rings. The van der Waals surface area contributed by atoms with E-state index in [2.05, 4.69) is 5.32 Å². The lowest BCUT2D eigenvalue weighted by Crippen LogP contribution is -2.70. The lowest BCUT2D eigenvalue weighted by Gasteiger charge is -2.63. The first-order valence-corrected chi connectivity index (χ1v) is 16.8. The van der Waals surface area contributed by atoms with Gasteiger partial charge in [0.2, 0.25) is 11.7 Å². The largest absolute Gasteiger partial charge is 0.457 e. The minimum atomic E-state index is -2.06. The Morgan fingerprint density at radius 1 is 1.02 bits per heavy atom. The molecule has 0 saturated heterocycles. The molecule has 0 spiro atoms. The summed E-state index contributed by atoms with van der Waals surface area (Å²) in [7, 11) is 0. The SMILES string of the molecule is CCCCC(=O)NCCC(=O)OCC(=O)C1(OC(=O)CCCC)C(C)CC2C3CCC4=CC(O)C=CC4(C)C3(F)C(O)CC21C. The van der Waals surface area contributed by atoms with E-state index in [9.17, 15) is 29.4 Å². The molecule has 10 heteroatoms. The molecule has 0 radical (unpaired) electrons. The van der Waals surface area contributed by atoms with Gasteiger partial charge in [-0.1, -0.05) is 64.3 Å². The van der Waals surface area contributed by atoms with E-state index in [0.29, 0.717) is 32.1 Å². The van der Waals surface area contributed by atoms with Gasteiger partial charge < -0.3 is 25.0 Å². The zero-order valence-corrected chi connectivity index (χ0v) is 27.5. The van der Waals surface area contributed by atoms with Crippen LogP contribution in [0.2, 0.25) is 0 Å². The zero-order valence-electron chi connectivity index (χ0n) is 27.5. The number of rotatable bonds is 13. The molecular weight excluding hydrogens is 581 g/mol. The first-order chi connectivity index (χ1) is 21.2. The number of ketones is 1. The molecule has 9 atom stereocenters. The highest BCUT2D eigenvalue weighted by Crippen LogP contribution is 2.71. The molecule has 3 fully saturated rings. The van der Waals surface area contributed by atoms with Crippen molar-refractivity contribution in [3.05, 3.63) is 23.8 Å². The number of allylic oxidation sites excluding steroid dienone is 2. The Morgan fingerprint density at radius 3 is 2.40 bits per heavy atom. The molecule has 0 aromatic heterocycles. The van der Waals surface area contributed by atoms with Crippen molar-refractivity contribution in [2.75, 3.05) is 13.2 Å². The van der Waals surface area contributed by atoms with Crippen LogP contribution in [0.5, 0.6) is 0 Å². The molecule has 0 heterocycles.